The van der Waals surface area contributed by atoms with Crippen LogP contribution in [0, 0.1) is 13.8 Å². The number of imidazole rings is 1. The molecule has 7 nitrogen and oxygen atoms in total. The summed E-state index contributed by atoms with van der Waals surface area (Å²) in [5, 5.41) is 4.73. The van der Waals surface area contributed by atoms with Crippen LogP contribution in [0.3, 0.4) is 0 Å². The lowest BCUT2D eigenvalue weighted by Gasteiger charge is -2.30. The van der Waals surface area contributed by atoms with Crippen LogP contribution in [0.2, 0.25) is 0 Å². The molecule has 0 saturated carbocycles. The van der Waals surface area contributed by atoms with Crippen LogP contribution >= 0.6 is 0 Å². The fraction of sp³-hybridized carbons (Fsp3) is 0.700. The highest BCUT2D eigenvalue weighted by Gasteiger charge is 2.34. The van der Waals surface area contributed by atoms with E-state index in [1.807, 2.05) is 30.9 Å². The van der Waals surface area contributed by atoms with Gasteiger partial charge in [-0.25, -0.2) is 13.4 Å². The maximum atomic E-state index is 11.9. The van der Waals surface area contributed by atoms with E-state index >= 15 is 0 Å². The van der Waals surface area contributed by atoms with Gasteiger partial charge in [0.1, 0.15) is 5.82 Å². The van der Waals surface area contributed by atoms with Crippen molar-refractivity contribution in [2.75, 3.05) is 31.1 Å². The van der Waals surface area contributed by atoms with Crippen LogP contribution in [-0.4, -0.2) is 63.8 Å². The van der Waals surface area contributed by atoms with Crippen molar-refractivity contribution >= 4 is 9.84 Å². The molecule has 1 unspecified atom stereocenters. The molecule has 0 bridgehead atoms. The number of aromatic nitrogens is 4. The highest BCUT2D eigenvalue weighted by atomic mass is 32.2. The van der Waals surface area contributed by atoms with Crippen molar-refractivity contribution in [2.24, 2.45) is 0 Å². The average Bonchev–Trinajstić information content (AvgIpc) is 3.36. The van der Waals surface area contributed by atoms with Gasteiger partial charge in [-0.05, 0) is 46.2 Å². The lowest BCUT2D eigenvalue weighted by molar-refractivity contribution is 0.260. The SMILES string of the molecule is Cc1nn(C2CCS(=O)(=O)C2)c(C)c1-n1ccnc1C(C)(C)CN1CCCC1. The minimum absolute atomic E-state index is 0.0676. The fourth-order valence-electron chi connectivity index (χ4n) is 4.88. The largest absolute Gasteiger partial charge is 0.302 e. The van der Waals surface area contributed by atoms with E-state index in [2.05, 4.69) is 23.3 Å². The molecular formula is C20H31N5O2S. The summed E-state index contributed by atoms with van der Waals surface area (Å²) in [4.78, 5) is 7.24. The van der Waals surface area contributed by atoms with Gasteiger partial charge < -0.3 is 4.90 Å². The van der Waals surface area contributed by atoms with Gasteiger partial charge in [-0.15, -0.1) is 0 Å². The summed E-state index contributed by atoms with van der Waals surface area (Å²) in [5.41, 5.74) is 2.87. The number of nitrogens with zero attached hydrogens (tertiary/aromatic N) is 5. The normalized spacial score (nSPS) is 22.9. The molecule has 2 aromatic heterocycles. The fourth-order valence-corrected chi connectivity index (χ4v) is 6.57. The van der Waals surface area contributed by atoms with E-state index < -0.39 is 9.84 Å². The summed E-state index contributed by atoms with van der Waals surface area (Å²) >= 11 is 0. The Balaban J connectivity index is 1.68. The molecule has 0 aliphatic carbocycles. The number of hydrogen-bond acceptors (Lipinski definition) is 5. The summed E-state index contributed by atoms with van der Waals surface area (Å²) in [6, 6.07) is -0.0676. The van der Waals surface area contributed by atoms with Crippen molar-refractivity contribution < 1.29 is 8.42 Å². The molecule has 0 amide bonds. The van der Waals surface area contributed by atoms with E-state index in [1.54, 1.807) is 0 Å². The van der Waals surface area contributed by atoms with Gasteiger partial charge in [0.05, 0.1) is 34.6 Å². The van der Waals surface area contributed by atoms with E-state index in [1.165, 1.54) is 12.8 Å². The van der Waals surface area contributed by atoms with Gasteiger partial charge in [0.25, 0.3) is 0 Å². The van der Waals surface area contributed by atoms with Crippen molar-refractivity contribution in [2.45, 2.75) is 58.4 Å². The van der Waals surface area contributed by atoms with Crippen molar-refractivity contribution in [3.8, 4) is 5.69 Å². The van der Waals surface area contributed by atoms with Gasteiger partial charge in [0, 0.05) is 24.4 Å². The maximum absolute atomic E-state index is 11.9. The van der Waals surface area contributed by atoms with Gasteiger partial charge in [0.15, 0.2) is 9.84 Å². The second-order valence-electron chi connectivity index (χ2n) is 9.01. The molecule has 2 aliphatic heterocycles. The molecule has 2 saturated heterocycles. The van der Waals surface area contributed by atoms with Crippen molar-refractivity contribution in [1.29, 1.82) is 0 Å². The van der Waals surface area contributed by atoms with E-state index in [-0.39, 0.29) is 23.0 Å². The van der Waals surface area contributed by atoms with E-state index in [0.29, 0.717) is 6.42 Å². The summed E-state index contributed by atoms with van der Waals surface area (Å²) in [6.45, 7) is 11.9. The highest BCUT2D eigenvalue weighted by molar-refractivity contribution is 7.91. The Morgan fingerprint density at radius 3 is 2.57 bits per heavy atom. The summed E-state index contributed by atoms with van der Waals surface area (Å²) in [6.07, 6.45) is 7.06. The first kappa shape index (κ1) is 19.6. The molecule has 2 aliphatic rings. The van der Waals surface area contributed by atoms with Crippen LogP contribution in [0.1, 0.15) is 56.4 Å². The van der Waals surface area contributed by atoms with Crippen molar-refractivity contribution in [3.05, 3.63) is 29.6 Å². The smallest absolute Gasteiger partial charge is 0.152 e. The van der Waals surface area contributed by atoms with Crippen LogP contribution < -0.4 is 0 Å². The van der Waals surface area contributed by atoms with E-state index in [9.17, 15) is 8.42 Å². The molecule has 0 N–H and O–H groups in total. The second-order valence-corrected chi connectivity index (χ2v) is 11.2. The lowest BCUT2D eigenvalue weighted by Crippen LogP contribution is -2.37. The first-order valence-electron chi connectivity index (χ1n) is 10.2. The Morgan fingerprint density at radius 1 is 1.21 bits per heavy atom. The molecular weight excluding hydrogens is 374 g/mol. The molecule has 28 heavy (non-hydrogen) atoms. The third-order valence-electron chi connectivity index (χ3n) is 6.15. The number of aryl methyl sites for hydroxylation is 1. The Labute approximate surface area is 167 Å². The third kappa shape index (κ3) is 3.52. The summed E-state index contributed by atoms with van der Waals surface area (Å²) < 4.78 is 28.0. The van der Waals surface area contributed by atoms with Gasteiger partial charge in [0.2, 0.25) is 0 Å². The first-order chi connectivity index (χ1) is 13.2. The molecule has 4 heterocycles. The van der Waals surface area contributed by atoms with Crippen LogP contribution in [-0.2, 0) is 15.3 Å². The van der Waals surface area contributed by atoms with Gasteiger partial charge >= 0.3 is 0 Å². The monoisotopic (exact) mass is 405 g/mol. The second kappa shape index (κ2) is 6.99. The molecule has 0 radical (unpaired) electrons. The summed E-state index contributed by atoms with van der Waals surface area (Å²) in [7, 11) is -2.95. The molecule has 8 heteroatoms. The zero-order valence-corrected chi connectivity index (χ0v) is 18.2. The molecule has 2 fully saturated rings. The third-order valence-corrected chi connectivity index (χ3v) is 7.90. The zero-order chi connectivity index (χ0) is 20.1. The number of rotatable bonds is 5. The van der Waals surface area contributed by atoms with Crippen LogP contribution in [0.4, 0.5) is 0 Å². The predicted molar refractivity (Wildman–Crippen MR) is 110 cm³/mol. The number of sulfone groups is 1. The number of hydrogen-bond donors (Lipinski definition) is 0. The lowest BCUT2D eigenvalue weighted by atomic mass is 9.91. The number of likely N-dealkylation sites (tertiary alicyclic amines) is 1. The first-order valence-corrected chi connectivity index (χ1v) is 12.0. The Morgan fingerprint density at radius 2 is 1.93 bits per heavy atom. The van der Waals surface area contributed by atoms with Crippen LogP contribution in [0.25, 0.3) is 5.69 Å². The minimum Gasteiger partial charge on any atom is -0.302 e. The standard InChI is InChI=1S/C20H31N5O2S/c1-15-18(16(2)25(22-15)17-7-12-28(26,27)13-17)24-11-8-21-19(24)20(3,4)14-23-9-5-6-10-23/h8,11,17H,5-7,9-10,12-14H2,1-4H3. The van der Waals surface area contributed by atoms with Gasteiger partial charge in [-0.1, -0.05) is 13.8 Å². The quantitative estimate of drug-likeness (QED) is 0.764. The van der Waals surface area contributed by atoms with E-state index in [4.69, 9.17) is 10.1 Å². The topological polar surface area (TPSA) is 73.0 Å². The molecule has 0 aromatic carbocycles. The van der Waals surface area contributed by atoms with Crippen molar-refractivity contribution in [1.82, 2.24) is 24.2 Å². The molecule has 1 atom stereocenters. The molecule has 0 spiro atoms. The summed E-state index contributed by atoms with van der Waals surface area (Å²) in [5.74, 6) is 1.47. The molecule has 2 aromatic rings. The molecule has 4 rings (SSSR count). The molecule has 154 valence electrons. The van der Waals surface area contributed by atoms with Gasteiger partial charge in [-0.2, -0.15) is 5.10 Å². The maximum Gasteiger partial charge on any atom is 0.152 e. The highest BCUT2D eigenvalue weighted by Crippen LogP contribution is 2.32. The Bertz CT molecular complexity index is 967. The van der Waals surface area contributed by atoms with Crippen LogP contribution in [0.5, 0.6) is 0 Å². The predicted octanol–water partition coefficient (Wildman–Crippen LogP) is 2.42. The Kier molecular flexibility index (Phi) is 4.90. The van der Waals surface area contributed by atoms with Crippen LogP contribution in [0.15, 0.2) is 12.4 Å². The van der Waals surface area contributed by atoms with E-state index in [0.717, 1.165) is 42.5 Å². The average molecular weight is 406 g/mol. The zero-order valence-electron chi connectivity index (χ0n) is 17.3. The minimum atomic E-state index is -2.95. The van der Waals surface area contributed by atoms with Gasteiger partial charge in [-0.3, -0.25) is 9.25 Å². The Hall–Kier alpha value is -1.67. The van der Waals surface area contributed by atoms with Crippen molar-refractivity contribution in [3.63, 3.8) is 0 Å².